The maximum absolute atomic E-state index is 13.1. The molecule has 0 unspecified atom stereocenters. The lowest BCUT2D eigenvalue weighted by molar-refractivity contribution is -0.114. The Balaban J connectivity index is 1.21. The summed E-state index contributed by atoms with van der Waals surface area (Å²) in [5.41, 5.74) is 2.02. The second-order valence-electron chi connectivity index (χ2n) is 9.71. The first kappa shape index (κ1) is 25.9. The van der Waals surface area contributed by atoms with E-state index in [1.807, 2.05) is 36.4 Å². The number of piperidine rings is 1. The van der Waals surface area contributed by atoms with Crippen LogP contribution in [0.5, 0.6) is 11.6 Å². The van der Waals surface area contributed by atoms with Gasteiger partial charge in [0.2, 0.25) is 11.8 Å². The van der Waals surface area contributed by atoms with Crippen molar-refractivity contribution in [2.24, 2.45) is 0 Å². The molecule has 4 aromatic rings. The molecule has 0 spiro atoms. The van der Waals surface area contributed by atoms with Crippen LogP contribution in [0.1, 0.15) is 37.7 Å². The van der Waals surface area contributed by atoms with E-state index >= 15 is 0 Å². The van der Waals surface area contributed by atoms with Gasteiger partial charge in [-0.25, -0.2) is 4.68 Å². The van der Waals surface area contributed by atoms with Gasteiger partial charge in [0.1, 0.15) is 5.75 Å². The van der Waals surface area contributed by atoms with Crippen LogP contribution in [0.4, 0.5) is 5.69 Å². The first-order chi connectivity index (χ1) is 18.5. The minimum absolute atomic E-state index is 0.0550. The minimum atomic E-state index is -0.109. The molecule has 38 heavy (non-hydrogen) atoms. The number of hydrogen-bond donors (Lipinski definition) is 1. The number of anilines is 1. The van der Waals surface area contributed by atoms with Gasteiger partial charge in [0.25, 0.3) is 5.56 Å². The van der Waals surface area contributed by atoms with Gasteiger partial charge in [0.15, 0.2) is 0 Å². The Labute approximate surface area is 227 Å². The Kier molecular flexibility index (Phi) is 8.05. The van der Waals surface area contributed by atoms with Crippen molar-refractivity contribution >= 4 is 34.0 Å². The number of hydrogen-bond acceptors (Lipinski definition) is 5. The van der Waals surface area contributed by atoms with Gasteiger partial charge in [-0.3, -0.25) is 9.59 Å². The number of amides is 1. The summed E-state index contributed by atoms with van der Waals surface area (Å²) >= 11 is 6.00. The zero-order valence-corrected chi connectivity index (χ0v) is 22.2. The van der Waals surface area contributed by atoms with Gasteiger partial charge in [-0.2, -0.15) is 0 Å². The molecule has 0 saturated carbocycles. The summed E-state index contributed by atoms with van der Waals surface area (Å²) in [5, 5.41) is 9.36. The predicted molar refractivity (Wildman–Crippen MR) is 151 cm³/mol. The number of nitrogens with zero attached hydrogens (tertiary/aromatic N) is 3. The van der Waals surface area contributed by atoms with Crippen molar-refractivity contribution in [3.63, 3.8) is 0 Å². The highest BCUT2D eigenvalue weighted by molar-refractivity contribution is 6.30. The molecule has 1 saturated heterocycles. The first-order valence-corrected chi connectivity index (χ1v) is 13.4. The summed E-state index contributed by atoms with van der Waals surface area (Å²) < 4.78 is 7.58. The van der Waals surface area contributed by atoms with Crippen LogP contribution in [0.15, 0.2) is 77.6 Å². The quantitative estimate of drug-likeness (QED) is 0.299. The van der Waals surface area contributed by atoms with Gasteiger partial charge in [-0.15, -0.1) is 5.10 Å². The molecule has 1 N–H and O–H groups in total. The molecule has 5 rings (SSSR count). The third kappa shape index (κ3) is 6.23. The van der Waals surface area contributed by atoms with Gasteiger partial charge in [-0.1, -0.05) is 35.9 Å². The second kappa shape index (κ2) is 11.8. The normalized spacial score (nSPS) is 14.5. The predicted octanol–water partition coefficient (Wildman–Crippen LogP) is 6.07. The Morgan fingerprint density at radius 3 is 2.47 bits per heavy atom. The lowest BCUT2D eigenvalue weighted by Crippen LogP contribution is -2.34. The number of benzene rings is 3. The van der Waals surface area contributed by atoms with Gasteiger partial charge in [-0.05, 0) is 98.9 Å². The number of likely N-dealkylation sites (tertiary alicyclic amines) is 1. The monoisotopic (exact) mass is 530 g/mol. The molecule has 0 aliphatic carbocycles. The van der Waals surface area contributed by atoms with Crippen LogP contribution in [0.2, 0.25) is 5.02 Å². The van der Waals surface area contributed by atoms with Gasteiger partial charge >= 0.3 is 0 Å². The maximum atomic E-state index is 13.1. The van der Waals surface area contributed by atoms with Crippen LogP contribution in [-0.2, 0) is 11.3 Å². The number of ether oxygens (including phenoxy) is 1. The van der Waals surface area contributed by atoms with Crippen LogP contribution in [-0.4, -0.2) is 40.2 Å². The summed E-state index contributed by atoms with van der Waals surface area (Å²) in [5.74, 6) is 1.45. The van der Waals surface area contributed by atoms with Crippen LogP contribution in [0.25, 0.3) is 10.8 Å². The Morgan fingerprint density at radius 2 is 1.74 bits per heavy atom. The molecule has 8 heteroatoms. The van der Waals surface area contributed by atoms with Gasteiger partial charge < -0.3 is 15.0 Å². The summed E-state index contributed by atoms with van der Waals surface area (Å²) in [6.45, 7) is 4.94. The van der Waals surface area contributed by atoms with Crippen molar-refractivity contribution in [1.82, 2.24) is 14.7 Å². The van der Waals surface area contributed by atoms with E-state index in [9.17, 15) is 9.59 Å². The molecular weight excluding hydrogens is 500 g/mol. The van der Waals surface area contributed by atoms with E-state index in [-0.39, 0.29) is 11.5 Å². The molecule has 1 aliphatic heterocycles. The molecule has 1 aliphatic rings. The standard InChI is InChI=1S/C30H31ClN4O3/c1-21(36)32-25-7-4-6-23(20-25)22-14-18-34(19-15-22)16-5-17-35-30(37)28-9-3-2-8-27(28)29(33-35)38-26-12-10-24(31)11-13-26/h2-4,6-13,20,22H,5,14-19H2,1H3,(H,32,36). The summed E-state index contributed by atoms with van der Waals surface area (Å²) in [7, 11) is 0. The van der Waals surface area contributed by atoms with Gasteiger partial charge in [0, 0.05) is 24.2 Å². The molecule has 0 bridgehead atoms. The Bertz CT molecular complexity index is 1480. The molecule has 1 amide bonds. The number of rotatable bonds is 8. The lowest BCUT2D eigenvalue weighted by Gasteiger charge is -2.32. The number of carbonyl (C=O) groups is 1. The second-order valence-corrected chi connectivity index (χ2v) is 10.1. The van der Waals surface area contributed by atoms with E-state index in [0.29, 0.717) is 39.9 Å². The zero-order chi connectivity index (χ0) is 26.5. The smallest absolute Gasteiger partial charge is 0.274 e. The fraction of sp³-hybridized carbons (Fsp3) is 0.300. The number of aromatic nitrogens is 2. The Hall–Kier alpha value is -3.68. The maximum Gasteiger partial charge on any atom is 0.274 e. The number of halogens is 1. The van der Waals surface area contributed by atoms with Crippen molar-refractivity contribution in [2.75, 3.05) is 25.0 Å². The van der Waals surface area contributed by atoms with Crippen LogP contribution < -0.4 is 15.6 Å². The average Bonchev–Trinajstić information content (AvgIpc) is 2.92. The van der Waals surface area contributed by atoms with Gasteiger partial charge in [0.05, 0.1) is 10.8 Å². The van der Waals surface area contributed by atoms with Crippen LogP contribution >= 0.6 is 11.6 Å². The first-order valence-electron chi connectivity index (χ1n) is 13.0. The van der Waals surface area contributed by atoms with Crippen LogP contribution in [0.3, 0.4) is 0 Å². The summed E-state index contributed by atoms with van der Waals surface area (Å²) in [6.07, 6.45) is 2.95. The van der Waals surface area contributed by atoms with E-state index < -0.39 is 0 Å². The molecule has 7 nitrogen and oxygen atoms in total. The molecule has 3 aromatic carbocycles. The summed E-state index contributed by atoms with van der Waals surface area (Å²) in [6, 6.07) is 22.7. The minimum Gasteiger partial charge on any atom is -0.437 e. The fourth-order valence-corrected chi connectivity index (χ4v) is 5.18. The molecule has 196 valence electrons. The largest absolute Gasteiger partial charge is 0.437 e. The molecule has 0 radical (unpaired) electrons. The molecular formula is C30H31ClN4O3. The zero-order valence-electron chi connectivity index (χ0n) is 21.4. The topological polar surface area (TPSA) is 76.5 Å². The highest BCUT2D eigenvalue weighted by atomic mass is 35.5. The van der Waals surface area contributed by atoms with Crippen molar-refractivity contribution in [3.05, 3.63) is 93.7 Å². The summed E-state index contributed by atoms with van der Waals surface area (Å²) in [4.78, 5) is 27.0. The molecule has 0 atom stereocenters. The van der Waals surface area contributed by atoms with Crippen LogP contribution in [0, 0.1) is 0 Å². The molecule has 1 fully saturated rings. The number of fused-ring (bicyclic) bond motifs is 1. The van der Waals surface area contributed by atoms with Crippen molar-refractivity contribution < 1.29 is 9.53 Å². The average molecular weight is 531 g/mol. The van der Waals surface area contributed by atoms with E-state index in [1.165, 1.54) is 17.2 Å². The SMILES string of the molecule is CC(=O)Nc1cccc(C2CCN(CCCn3nc(Oc4ccc(Cl)cc4)c4ccccc4c3=O)CC2)c1. The van der Waals surface area contributed by atoms with Crippen molar-refractivity contribution in [1.29, 1.82) is 0 Å². The van der Waals surface area contributed by atoms with E-state index in [0.717, 1.165) is 44.6 Å². The third-order valence-corrected chi connectivity index (χ3v) is 7.22. The van der Waals surface area contributed by atoms with E-state index in [4.69, 9.17) is 16.3 Å². The van der Waals surface area contributed by atoms with E-state index in [2.05, 4.69) is 27.4 Å². The van der Waals surface area contributed by atoms with E-state index in [1.54, 1.807) is 24.3 Å². The number of aryl methyl sites for hydroxylation is 1. The fourth-order valence-electron chi connectivity index (χ4n) is 5.05. The molecule has 1 aromatic heterocycles. The highest BCUT2D eigenvalue weighted by Gasteiger charge is 2.21. The lowest BCUT2D eigenvalue weighted by atomic mass is 9.89. The van der Waals surface area contributed by atoms with Crippen molar-refractivity contribution in [2.45, 2.75) is 38.6 Å². The third-order valence-electron chi connectivity index (χ3n) is 6.97. The Morgan fingerprint density at radius 1 is 1.00 bits per heavy atom. The number of carbonyl (C=O) groups excluding carboxylic acids is 1. The number of nitrogens with one attached hydrogen (secondary N) is 1. The highest BCUT2D eigenvalue weighted by Crippen LogP contribution is 2.30. The van der Waals surface area contributed by atoms with Crippen molar-refractivity contribution in [3.8, 4) is 11.6 Å². The molecule has 2 heterocycles.